The van der Waals surface area contributed by atoms with Crippen LogP contribution in [0.25, 0.3) is 0 Å². The van der Waals surface area contributed by atoms with Gasteiger partial charge in [-0.25, -0.2) is 5.48 Å². The standard InChI is InChI=1S/C19H24N2O3/c22-17(20-24)14-5-6-15-12-19(9-7-13(15)11-14)8-2-10-21(18(19)23)16-3-1-4-16/h5-6,11,16,24H,1-4,7-10,12H2,(H,20,22). The Hall–Kier alpha value is -1.88. The normalized spacial score (nSPS) is 26.9. The van der Waals surface area contributed by atoms with Gasteiger partial charge in [0.1, 0.15) is 0 Å². The maximum Gasteiger partial charge on any atom is 0.274 e. The maximum absolute atomic E-state index is 13.2. The number of piperidine rings is 1. The highest BCUT2D eigenvalue weighted by Gasteiger charge is 2.47. The number of hydrogen-bond donors (Lipinski definition) is 2. The molecule has 5 heteroatoms. The molecule has 1 aromatic carbocycles. The Labute approximate surface area is 142 Å². The molecule has 2 fully saturated rings. The average molecular weight is 328 g/mol. The van der Waals surface area contributed by atoms with Crippen molar-refractivity contribution in [1.29, 1.82) is 0 Å². The quantitative estimate of drug-likeness (QED) is 0.647. The van der Waals surface area contributed by atoms with Gasteiger partial charge in [-0.1, -0.05) is 6.07 Å². The Balaban J connectivity index is 1.58. The zero-order chi connectivity index (χ0) is 16.7. The zero-order valence-electron chi connectivity index (χ0n) is 13.9. The van der Waals surface area contributed by atoms with Crippen LogP contribution in [0, 0.1) is 5.41 Å². The van der Waals surface area contributed by atoms with E-state index in [4.69, 9.17) is 5.21 Å². The minimum absolute atomic E-state index is 0.235. The van der Waals surface area contributed by atoms with E-state index in [0.29, 0.717) is 17.5 Å². The Morgan fingerprint density at radius 3 is 2.75 bits per heavy atom. The molecule has 2 amide bonds. The number of hydrogen-bond acceptors (Lipinski definition) is 3. The van der Waals surface area contributed by atoms with E-state index in [1.54, 1.807) is 11.5 Å². The molecule has 1 saturated heterocycles. The van der Waals surface area contributed by atoms with E-state index in [0.717, 1.165) is 57.1 Å². The van der Waals surface area contributed by atoms with E-state index in [1.165, 1.54) is 12.0 Å². The Morgan fingerprint density at radius 1 is 1.21 bits per heavy atom. The van der Waals surface area contributed by atoms with Gasteiger partial charge in [0.2, 0.25) is 5.91 Å². The second-order valence-electron chi connectivity index (χ2n) is 7.57. The van der Waals surface area contributed by atoms with Gasteiger partial charge in [0.05, 0.1) is 5.41 Å². The molecule has 1 unspecified atom stereocenters. The van der Waals surface area contributed by atoms with E-state index in [9.17, 15) is 9.59 Å². The molecule has 24 heavy (non-hydrogen) atoms. The molecule has 4 rings (SSSR count). The molecule has 0 aromatic heterocycles. The van der Waals surface area contributed by atoms with E-state index in [-0.39, 0.29) is 5.41 Å². The second kappa shape index (κ2) is 5.88. The lowest BCUT2D eigenvalue weighted by molar-refractivity contribution is -0.152. The van der Waals surface area contributed by atoms with Crippen molar-refractivity contribution in [2.24, 2.45) is 5.41 Å². The highest BCUT2D eigenvalue weighted by atomic mass is 16.5. The van der Waals surface area contributed by atoms with Gasteiger partial charge in [-0.3, -0.25) is 14.8 Å². The fraction of sp³-hybridized carbons (Fsp3) is 0.579. The van der Waals surface area contributed by atoms with Crippen molar-refractivity contribution in [2.75, 3.05) is 6.54 Å². The Kier molecular flexibility index (Phi) is 3.83. The van der Waals surface area contributed by atoms with E-state index >= 15 is 0 Å². The van der Waals surface area contributed by atoms with Crippen LogP contribution in [0.15, 0.2) is 18.2 Å². The largest absolute Gasteiger partial charge is 0.339 e. The molecule has 1 aromatic rings. The van der Waals surface area contributed by atoms with Gasteiger partial charge in [0, 0.05) is 18.2 Å². The van der Waals surface area contributed by atoms with Gasteiger partial charge in [0.15, 0.2) is 0 Å². The summed E-state index contributed by atoms with van der Waals surface area (Å²) in [5.41, 5.74) is 4.23. The van der Waals surface area contributed by atoms with Gasteiger partial charge < -0.3 is 4.90 Å². The SMILES string of the molecule is O=C(NO)c1ccc2c(c1)CCC1(CCCN(C3CCC3)C1=O)C2. The van der Waals surface area contributed by atoms with Crippen molar-refractivity contribution >= 4 is 11.8 Å². The minimum atomic E-state index is -0.483. The molecule has 0 bridgehead atoms. The van der Waals surface area contributed by atoms with Crippen LogP contribution < -0.4 is 5.48 Å². The van der Waals surface area contributed by atoms with Gasteiger partial charge >= 0.3 is 0 Å². The second-order valence-corrected chi connectivity index (χ2v) is 7.57. The first kappa shape index (κ1) is 15.6. The number of aryl methyl sites for hydroxylation is 1. The minimum Gasteiger partial charge on any atom is -0.339 e. The van der Waals surface area contributed by atoms with Crippen molar-refractivity contribution in [3.05, 3.63) is 34.9 Å². The summed E-state index contributed by atoms with van der Waals surface area (Å²) in [5.74, 6) is -0.121. The molecular weight excluding hydrogens is 304 g/mol. The predicted molar refractivity (Wildman–Crippen MR) is 88.7 cm³/mol. The van der Waals surface area contributed by atoms with Crippen LogP contribution in [0.4, 0.5) is 0 Å². The number of carbonyl (C=O) groups excluding carboxylic acids is 2. The molecule has 2 N–H and O–H groups in total. The number of hydroxylamine groups is 1. The highest BCUT2D eigenvalue weighted by Crippen LogP contribution is 2.45. The maximum atomic E-state index is 13.2. The Morgan fingerprint density at radius 2 is 2.04 bits per heavy atom. The molecule has 3 aliphatic rings. The molecule has 2 aliphatic carbocycles. The van der Waals surface area contributed by atoms with Crippen LogP contribution in [-0.4, -0.2) is 34.5 Å². The number of amides is 2. The van der Waals surface area contributed by atoms with Crippen molar-refractivity contribution in [2.45, 2.75) is 57.4 Å². The summed E-state index contributed by atoms with van der Waals surface area (Å²) in [6, 6.07) is 6.02. The monoisotopic (exact) mass is 328 g/mol. The van der Waals surface area contributed by atoms with Crippen LogP contribution in [0.2, 0.25) is 0 Å². The first-order valence-corrected chi connectivity index (χ1v) is 9.00. The van der Waals surface area contributed by atoms with Crippen LogP contribution in [-0.2, 0) is 17.6 Å². The molecule has 1 saturated carbocycles. The van der Waals surface area contributed by atoms with E-state index in [1.807, 2.05) is 12.1 Å². The number of nitrogens with one attached hydrogen (secondary N) is 1. The molecule has 128 valence electrons. The van der Waals surface area contributed by atoms with Gasteiger partial charge in [0.25, 0.3) is 5.91 Å². The summed E-state index contributed by atoms with van der Waals surface area (Å²) in [5, 5.41) is 8.79. The first-order valence-electron chi connectivity index (χ1n) is 9.00. The van der Waals surface area contributed by atoms with Gasteiger partial charge in [-0.05, 0) is 74.6 Å². The lowest BCUT2D eigenvalue weighted by Gasteiger charge is -2.49. The van der Waals surface area contributed by atoms with Crippen LogP contribution >= 0.6 is 0 Å². The fourth-order valence-corrected chi connectivity index (χ4v) is 4.61. The fourth-order valence-electron chi connectivity index (χ4n) is 4.61. The van der Waals surface area contributed by atoms with Gasteiger partial charge in [-0.2, -0.15) is 0 Å². The number of fused-ring (bicyclic) bond motifs is 1. The molecule has 5 nitrogen and oxygen atoms in total. The molecule has 1 heterocycles. The van der Waals surface area contributed by atoms with E-state index < -0.39 is 5.91 Å². The van der Waals surface area contributed by atoms with Crippen molar-refractivity contribution in [3.8, 4) is 0 Å². The summed E-state index contributed by atoms with van der Waals surface area (Å²) in [6.45, 7) is 0.924. The lowest BCUT2D eigenvalue weighted by Crippen LogP contribution is -2.56. The summed E-state index contributed by atoms with van der Waals surface area (Å²) in [6.07, 6.45) is 8.13. The first-order chi connectivity index (χ1) is 11.6. The summed E-state index contributed by atoms with van der Waals surface area (Å²) < 4.78 is 0. The van der Waals surface area contributed by atoms with Crippen LogP contribution in [0.5, 0.6) is 0 Å². The third-order valence-corrected chi connectivity index (χ3v) is 6.26. The molecule has 0 radical (unpaired) electrons. The van der Waals surface area contributed by atoms with E-state index in [2.05, 4.69) is 4.90 Å². The summed E-state index contributed by atoms with van der Waals surface area (Å²) >= 11 is 0. The Bertz CT molecular complexity index is 683. The molecular formula is C19H24N2O3. The van der Waals surface area contributed by atoms with Crippen molar-refractivity contribution in [1.82, 2.24) is 10.4 Å². The summed E-state index contributed by atoms with van der Waals surface area (Å²) in [4.78, 5) is 26.9. The molecule has 1 aliphatic heterocycles. The van der Waals surface area contributed by atoms with Crippen LogP contribution in [0.3, 0.4) is 0 Å². The van der Waals surface area contributed by atoms with Gasteiger partial charge in [-0.15, -0.1) is 0 Å². The summed E-state index contributed by atoms with van der Waals surface area (Å²) in [7, 11) is 0. The number of nitrogens with zero attached hydrogens (tertiary/aromatic N) is 1. The number of carbonyl (C=O) groups is 2. The highest BCUT2D eigenvalue weighted by molar-refractivity contribution is 5.93. The molecule has 1 spiro atoms. The number of benzene rings is 1. The third kappa shape index (κ3) is 2.42. The van der Waals surface area contributed by atoms with Crippen LogP contribution in [0.1, 0.15) is 60.0 Å². The third-order valence-electron chi connectivity index (χ3n) is 6.26. The molecule has 1 atom stereocenters. The lowest BCUT2D eigenvalue weighted by atomic mass is 9.66. The predicted octanol–water partition coefficient (Wildman–Crippen LogP) is 2.46. The topological polar surface area (TPSA) is 69.6 Å². The van der Waals surface area contributed by atoms with Crippen molar-refractivity contribution < 1.29 is 14.8 Å². The number of rotatable bonds is 2. The zero-order valence-corrected chi connectivity index (χ0v) is 13.9. The number of likely N-dealkylation sites (tertiary alicyclic amines) is 1. The van der Waals surface area contributed by atoms with Crippen molar-refractivity contribution in [3.63, 3.8) is 0 Å². The smallest absolute Gasteiger partial charge is 0.274 e. The average Bonchev–Trinajstić information content (AvgIpc) is 2.56.